The molecule has 0 saturated carbocycles. The summed E-state index contributed by atoms with van der Waals surface area (Å²) in [7, 11) is 1.41. The van der Waals surface area contributed by atoms with Gasteiger partial charge in [0.25, 0.3) is 5.91 Å². The lowest BCUT2D eigenvalue weighted by atomic mass is 10.0. The Morgan fingerprint density at radius 1 is 1.13 bits per heavy atom. The lowest BCUT2D eigenvalue weighted by Crippen LogP contribution is -3.00. The number of esters is 1. The normalized spacial score (nSPS) is 15.2. The van der Waals surface area contributed by atoms with Gasteiger partial charge >= 0.3 is 5.97 Å². The number of methoxy groups -OCH3 is 1. The summed E-state index contributed by atoms with van der Waals surface area (Å²) in [6.45, 7) is 4.20. The van der Waals surface area contributed by atoms with Crippen LogP contribution in [0.25, 0.3) is 11.1 Å². The third kappa shape index (κ3) is 6.38. The number of piperidine rings is 1. The summed E-state index contributed by atoms with van der Waals surface area (Å²) in [4.78, 5) is 28.9. The number of likely N-dealkylation sites (tertiary alicyclic amines) is 1. The zero-order chi connectivity index (χ0) is 25.8. The number of carbonyl (C=O) groups is 2. The van der Waals surface area contributed by atoms with Crippen LogP contribution in [-0.2, 0) is 22.4 Å². The monoisotopic (exact) mass is 646 g/mol. The predicted octanol–water partition coefficient (Wildman–Crippen LogP) is 1.38. The van der Waals surface area contributed by atoms with Crippen molar-refractivity contribution in [3.05, 3.63) is 69.0 Å². The number of nitrogens with one attached hydrogen (secondary N) is 1. The summed E-state index contributed by atoms with van der Waals surface area (Å²) < 4.78 is 5.73. The first-order chi connectivity index (χ1) is 18.0. The van der Waals surface area contributed by atoms with Crippen molar-refractivity contribution in [3.8, 4) is 11.1 Å². The molecule has 5 rings (SSSR count). The van der Waals surface area contributed by atoms with Gasteiger partial charge in [0.1, 0.15) is 5.82 Å². The highest BCUT2D eigenvalue weighted by atomic mass is 127. The molecule has 2 aromatic heterocycles. The van der Waals surface area contributed by atoms with Gasteiger partial charge in [-0.3, -0.25) is 4.79 Å². The molecule has 202 valence electrons. The first-order valence-electron chi connectivity index (χ1n) is 13.1. The van der Waals surface area contributed by atoms with E-state index in [-0.39, 0.29) is 35.9 Å². The molecule has 3 aromatic rings. The van der Waals surface area contributed by atoms with Crippen molar-refractivity contribution in [3.63, 3.8) is 0 Å². The highest BCUT2D eigenvalue weighted by Gasteiger charge is 2.31. The number of benzene rings is 1. The van der Waals surface area contributed by atoms with Gasteiger partial charge in [0, 0.05) is 30.6 Å². The van der Waals surface area contributed by atoms with E-state index >= 15 is 0 Å². The number of fused-ring (bicyclic) bond motifs is 3. The summed E-state index contributed by atoms with van der Waals surface area (Å²) in [6.07, 6.45) is 6.04. The Kier molecular flexibility index (Phi) is 9.43. The Labute approximate surface area is 245 Å². The molecule has 7 nitrogen and oxygen atoms in total. The van der Waals surface area contributed by atoms with E-state index in [4.69, 9.17) is 15.5 Å². The van der Waals surface area contributed by atoms with E-state index in [0.717, 1.165) is 91.0 Å². The minimum atomic E-state index is -0.320. The fourth-order valence-corrected chi connectivity index (χ4v) is 6.62. The second-order valence-electron chi connectivity index (χ2n) is 10.3. The quantitative estimate of drug-likeness (QED) is 0.118. The number of quaternary nitrogens is 1. The molecule has 1 aliphatic carbocycles. The summed E-state index contributed by atoms with van der Waals surface area (Å²) in [5.41, 5.74) is 13.1. The smallest absolute Gasteiger partial charge is 0.337 e. The van der Waals surface area contributed by atoms with Crippen molar-refractivity contribution in [1.29, 1.82) is 0 Å². The highest BCUT2D eigenvalue weighted by molar-refractivity contribution is 7.07. The van der Waals surface area contributed by atoms with Crippen LogP contribution in [-0.4, -0.2) is 61.2 Å². The van der Waals surface area contributed by atoms with Gasteiger partial charge in [-0.15, -0.1) is 0 Å². The van der Waals surface area contributed by atoms with Crippen molar-refractivity contribution in [1.82, 2.24) is 4.98 Å². The van der Waals surface area contributed by atoms with Gasteiger partial charge < -0.3 is 44.2 Å². The van der Waals surface area contributed by atoms with E-state index in [1.54, 1.807) is 11.3 Å². The molecule has 0 atom stereocenters. The molecule has 38 heavy (non-hydrogen) atoms. The van der Waals surface area contributed by atoms with Crippen molar-refractivity contribution in [2.45, 2.75) is 38.5 Å². The third-order valence-corrected chi connectivity index (χ3v) is 8.39. The Morgan fingerprint density at radius 3 is 2.66 bits per heavy atom. The van der Waals surface area contributed by atoms with E-state index < -0.39 is 0 Å². The number of anilines is 1. The molecule has 1 fully saturated rings. The van der Waals surface area contributed by atoms with Crippen LogP contribution in [0.3, 0.4) is 0 Å². The van der Waals surface area contributed by atoms with Gasteiger partial charge in [0.15, 0.2) is 6.54 Å². The average Bonchev–Trinajstić information content (AvgIpc) is 3.53. The van der Waals surface area contributed by atoms with Gasteiger partial charge in [-0.25, -0.2) is 9.78 Å². The predicted molar refractivity (Wildman–Crippen MR) is 147 cm³/mol. The van der Waals surface area contributed by atoms with Crippen molar-refractivity contribution < 1.29 is 42.8 Å². The summed E-state index contributed by atoms with van der Waals surface area (Å²) in [5, 5.41) is 7.90. The van der Waals surface area contributed by atoms with E-state index in [2.05, 4.69) is 28.2 Å². The van der Waals surface area contributed by atoms with E-state index in [1.807, 2.05) is 18.2 Å². The maximum atomic E-state index is 12.1. The summed E-state index contributed by atoms with van der Waals surface area (Å²) in [6, 6.07) is 10.1. The second kappa shape index (κ2) is 12.6. The van der Waals surface area contributed by atoms with Crippen LogP contribution in [0.15, 0.2) is 41.1 Å². The number of aromatic nitrogens is 1. The van der Waals surface area contributed by atoms with Crippen LogP contribution in [0, 0.1) is 0 Å². The van der Waals surface area contributed by atoms with Crippen molar-refractivity contribution >= 4 is 29.0 Å². The molecule has 1 aromatic carbocycles. The number of pyridine rings is 1. The van der Waals surface area contributed by atoms with Crippen LogP contribution < -0.4 is 35.0 Å². The molecule has 0 unspecified atom stereocenters. The SMILES string of the molecule is COC(=O)c1ccc2c(c1)Cc1cc(Cc3ccsc3)nc(NCCC[N+]3(CC(N)=O)CCCCC3)c1-2.[I-]. The maximum Gasteiger partial charge on any atom is 0.337 e. The highest BCUT2D eigenvalue weighted by Crippen LogP contribution is 2.42. The molecule has 3 N–H and O–H groups in total. The number of carbonyl (C=O) groups excluding carboxylic acids is 2. The number of ether oxygens (including phenoxy) is 1. The lowest BCUT2D eigenvalue weighted by Gasteiger charge is -2.40. The molecule has 1 saturated heterocycles. The summed E-state index contributed by atoms with van der Waals surface area (Å²) in [5.74, 6) is 0.366. The summed E-state index contributed by atoms with van der Waals surface area (Å²) >= 11 is 1.70. The molecule has 1 aliphatic heterocycles. The van der Waals surface area contributed by atoms with Gasteiger partial charge in [-0.05, 0) is 83.0 Å². The first kappa shape index (κ1) is 28.5. The average molecular weight is 647 g/mol. The number of nitrogens with zero attached hydrogens (tertiary/aromatic N) is 2. The number of halogens is 1. The number of amides is 1. The maximum absolute atomic E-state index is 12.1. The molecule has 0 radical (unpaired) electrons. The minimum Gasteiger partial charge on any atom is -1.00 e. The lowest BCUT2D eigenvalue weighted by molar-refractivity contribution is -0.925. The van der Waals surface area contributed by atoms with Crippen LogP contribution in [0.4, 0.5) is 5.82 Å². The molecule has 3 heterocycles. The molecule has 9 heteroatoms. The molecule has 2 aliphatic rings. The van der Waals surface area contributed by atoms with Gasteiger partial charge in [-0.2, -0.15) is 11.3 Å². The van der Waals surface area contributed by atoms with E-state index in [0.29, 0.717) is 12.1 Å². The van der Waals surface area contributed by atoms with Gasteiger partial charge in [0.2, 0.25) is 0 Å². The fourth-order valence-electron chi connectivity index (χ4n) is 5.95. The van der Waals surface area contributed by atoms with Gasteiger partial charge in [-0.1, -0.05) is 6.07 Å². The van der Waals surface area contributed by atoms with E-state index in [9.17, 15) is 9.59 Å². The standard InChI is InChI=1S/C29H34N4O3S.HI/c1-36-29(35)21-6-7-25-22(15-21)16-23-17-24(14-20-8-13-37-19-20)32-28(27(23)25)31-9-5-12-33(18-26(30)34)10-3-2-4-11-33;/h6-8,13,15,17,19H,2-5,9-12,14,16,18H2,1H3,(H2-,30,31,32,34,35);1H. The number of hydrogen-bond donors (Lipinski definition) is 2. The number of nitrogens with two attached hydrogens (primary N) is 1. The molecular formula is C29H35IN4O3S. The zero-order valence-electron chi connectivity index (χ0n) is 21.8. The van der Waals surface area contributed by atoms with Crippen molar-refractivity contribution in [2.24, 2.45) is 5.73 Å². The zero-order valence-corrected chi connectivity index (χ0v) is 24.8. The van der Waals surface area contributed by atoms with Gasteiger partial charge in [0.05, 0.1) is 32.3 Å². The molecular weight excluding hydrogens is 611 g/mol. The fraction of sp³-hybridized carbons (Fsp3) is 0.414. The topological polar surface area (TPSA) is 94.3 Å². The number of hydrogen-bond acceptors (Lipinski definition) is 6. The number of thiophene rings is 1. The minimum absolute atomic E-state index is 0. The van der Waals surface area contributed by atoms with Crippen LogP contribution in [0.5, 0.6) is 0 Å². The Hall–Kier alpha value is -2.50. The molecule has 0 spiro atoms. The van der Waals surface area contributed by atoms with E-state index in [1.165, 1.54) is 24.7 Å². The van der Waals surface area contributed by atoms with Crippen LogP contribution in [0.1, 0.15) is 58.4 Å². The molecule has 0 bridgehead atoms. The Bertz CT molecular complexity index is 1290. The number of primary amides is 1. The van der Waals surface area contributed by atoms with Crippen LogP contribution >= 0.6 is 11.3 Å². The largest absolute Gasteiger partial charge is 1.00 e. The second-order valence-corrected chi connectivity index (χ2v) is 11.1. The molecule has 1 amide bonds. The third-order valence-electron chi connectivity index (χ3n) is 7.65. The first-order valence-corrected chi connectivity index (χ1v) is 14.0. The Morgan fingerprint density at radius 2 is 1.95 bits per heavy atom. The van der Waals surface area contributed by atoms with Crippen molar-refractivity contribution in [2.75, 3.05) is 45.2 Å². The number of rotatable bonds is 10. The Balaban J connectivity index is 0.00000336. The van der Waals surface area contributed by atoms with Crippen LogP contribution in [0.2, 0.25) is 0 Å².